The fraction of sp³-hybridized carbons (Fsp3) is 0.190. The van der Waals surface area contributed by atoms with Crippen molar-refractivity contribution in [2.24, 2.45) is 0 Å². The molecule has 0 bridgehead atoms. The number of esters is 1. The number of carbonyl (C=O) groups excluding carboxylic acids is 3. The van der Waals surface area contributed by atoms with Gasteiger partial charge in [0.25, 0.3) is 11.1 Å². The van der Waals surface area contributed by atoms with E-state index in [0.29, 0.717) is 33.6 Å². The second-order valence-corrected chi connectivity index (χ2v) is 7.56. The average Bonchev–Trinajstić information content (AvgIpc) is 2.93. The highest BCUT2D eigenvalue weighted by atomic mass is 35.5. The smallest absolute Gasteiger partial charge is 0.308 e. The Morgan fingerprint density at radius 2 is 1.86 bits per heavy atom. The van der Waals surface area contributed by atoms with Gasteiger partial charge in [0.2, 0.25) is 0 Å². The largest absolute Gasteiger partial charge is 0.490 e. The summed E-state index contributed by atoms with van der Waals surface area (Å²) in [6.45, 7) is 3.68. The number of ether oxygens (including phenoxy) is 2. The number of nitrogens with zero attached hydrogens (tertiary/aromatic N) is 1. The van der Waals surface area contributed by atoms with Crippen LogP contribution in [0.25, 0.3) is 6.08 Å². The van der Waals surface area contributed by atoms with E-state index in [9.17, 15) is 14.4 Å². The molecule has 2 aromatic carbocycles. The average molecular weight is 432 g/mol. The van der Waals surface area contributed by atoms with Gasteiger partial charge >= 0.3 is 5.97 Å². The van der Waals surface area contributed by atoms with Crippen LogP contribution < -0.4 is 9.47 Å². The first kappa shape index (κ1) is 21.0. The van der Waals surface area contributed by atoms with Gasteiger partial charge in [-0.1, -0.05) is 29.8 Å². The number of hydrogen-bond donors (Lipinski definition) is 0. The van der Waals surface area contributed by atoms with Crippen LogP contribution in [0.4, 0.5) is 4.79 Å². The quantitative estimate of drug-likeness (QED) is 0.368. The molecule has 3 rings (SSSR count). The van der Waals surface area contributed by atoms with Crippen LogP contribution >= 0.6 is 23.4 Å². The molecule has 29 heavy (non-hydrogen) atoms. The van der Waals surface area contributed by atoms with E-state index in [-0.39, 0.29) is 17.7 Å². The lowest BCUT2D eigenvalue weighted by molar-refractivity contribution is -0.132. The van der Waals surface area contributed by atoms with Crippen LogP contribution in [0.2, 0.25) is 5.02 Å². The summed E-state index contributed by atoms with van der Waals surface area (Å²) in [5.41, 5.74) is 1.46. The molecule has 0 unspecified atom stereocenters. The van der Waals surface area contributed by atoms with Crippen LogP contribution in [0.3, 0.4) is 0 Å². The Balaban J connectivity index is 1.82. The summed E-state index contributed by atoms with van der Waals surface area (Å²) in [5, 5.41) is 0.253. The van der Waals surface area contributed by atoms with Crippen LogP contribution in [-0.2, 0) is 16.1 Å². The number of benzene rings is 2. The van der Waals surface area contributed by atoms with Crippen molar-refractivity contribution in [2.45, 2.75) is 20.4 Å². The molecule has 0 N–H and O–H groups in total. The molecule has 2 amide bonds. The third kappa shape index (κ3) is 5.19. The lowest BCUT2D eigenvalue weighted by Crippen LogP contribution is -2.27. The number of thioether (sulfide) groups is 1. The van der Waals surface area contributed by atoms with Gasteiger partial charge in [-0.15, -0.1) is 0 Å². The van der Waals surface area contributed by atoms with Crippen LogP contribution in [0.5, 0.6) is 11.5 Å². The highest BCUT2D eigenvalue weighted by Gasteiger charge is 2.35. The van der Waals surface area contributed by atoms with Gasteiger partial charge in [0.1, 0.15) is 0 Å². The molecule has 0 atom stereocenters. The lowest BCUT2D eigenvalue weighted by Gasteiger charge is -2.12. The Labute approximate surface area is 177 Å². The standard InChI is InChI=1S/C21H18ClNO5S/c1-3-27-18-10-15(6-9-17(18)28-13(2)24)11-19-20(25)23(21(26)29-19)12-14-4-7-16(22)8-5-14/h4-11H,3,12H2,1-2H3/b19-11-. The summed E-state index contributed by atoms with van der Waals surface area (Å²) < 4.78 is 10.6. The molecule has 1 saturated heterocycles. The predicted octanol–water partition coefficient (Wildman–Crippen LogP) is 4.90. The molecule has 1 heterocycles. The number of rotatable bonds is 6. The number of carbonyl (C=O) groups is 3. The number of halogens is 1. The summed E-state index contributed by atoms with van der Waals surface area (Å²) >= 11 is 6.75. The zero-order chi connectivity index (χ0) is 21.0. The Bertz CT molecular complexity index is 987. The molecule has 0 aliphatic carbocycles. The number of imide groups is 1. The molecule has 150 valence electrons. The van der Waals surface area contributed by atoms with Crippen LogP contribution in [0.15, 0.2) is 47.4 Å². The van der Waals surface area contributed by atoms with Gasteiger partial charge < -0.3 is 9.47 Å². The molecule has 6 nitrogen and oxygen atoms in total. The van der Waals surface area contributed by atoms with Crippen molar-refractivity contribution in [1.29, 1.82) is 0 Å². The van der Waals surface area contributed by atoms with E-state index in [1.165, 1.54) is 11.8 Å². The van der Waals surface area contributed by atoms with Crippen LogP contribution in [-0.4, -0.2) is 28.6 Å². The minimum absolute atomic E-state index is 0.175. The molecule has 1 aliphatic heterocycles. The van der Waals surface area contributed by atoms with Crippen LogP contribution in [0.1, 0.15) is 25.0 Å². The first-order valence-electron chi connectivity index (χ1n) is 8.82. The van der Waals surface area contributed by atoms with E-state index >= 15 is 0 Å². The molecule has 1 aliphatic rings. The van der Waals surface area contributed by atoms with Gasteiger partial charge in [0.15, 0.2) is 11.5 Å². The molecule has 1 fully saturated rings. The maximum atomic E-state index is 12.7. The normalized spacial score (nSPS) is 15.1. The Morgan fingerprint density at radius 1 is 1.14 bits per heavy atom. The van der Waals surface area contributed by atoms with Crippen molar-refractivity contribution < 1.29 is 23.9 Å². The van der Waals surface area contributed by atoms with Crippen molar-refractivity contribution in [3.8, 4) is 11.5 Å². The van der Waals surface area contributed by atoms with Gasteiger partial charge in [-0.2, -0.15) is 0 Å². The van der Waals surface area contributed by atoms with Crippen molar-refractivity contribution in [2.75, 3.05) is 6.61 Å². The SMILES string of the molecule is CCOc1cc(/C=C2\SC(=O)N(Cc3ccc(Cl)cc3)C2=O)ccc1OC(C)=O. The van der Waals surface area contributed by atoms with E-state index in [4.69, 9.17) is 21.1 Å². The third-order valence-electron chi connectivity index (χ3n) is 3.95. The minimum Gasteiger partial charge on any atom is -0.490 e. The highest BCUT2D eigenvalue weighted by Crippen LogP contribution is 2.35. The Hall–Kier alpha value is -2.77. The maximum absolute atomic E-state index is 12.7. The van der Waals surface area contributed by atoms with Crippen molar-refractivity contribution in [3.05, 3.63) is 63.5 Å². The molecule has 0 spiro atoms. The maximum Gasteiger partial charge on any atom is 0.308 e. The Kier molecular flexibility index (Phi) is 6.61. The molecule has 0 saturated carbocycles. The number of hydrogen-bond acceptors (Lipinski definition) is 6. The monoisotopic (exact) mass is 431 g/mol. The van der Waals surface area contributed by atoms with Gasteiger partial charge in [0, 0.05) is 11.9 Å². The van der Waals surface area contributed by atoms with Crippen molar-refractivity contribution in [3.63, 3.8) is 0 Å². The fourth-order valence-electron chi connectivity index (χ4n) is 2.68. The first-order chi connectivity index (χ1) is 13.9. The zero-order valence-electron chi connectivity index (χ0n) is 15.8. The minimum atomic E-state index is -0.456. The summed E-state index contributed by atoms with van der Waals surface area (Å²) in [7, 11) is 0. The van der Waals surface area contributed by atoms with E-state index in [1.54, 1.807) is 48.5 Å². The predicted molar refractivity (Wildman–Crippen MR) is 112 cm³/mol. The summed E-state index contributed by atoms with van der Waals surface area (Å²) in [6, 6.07) is 11.9. The van der Waals surface area contributed by atoms with E-state index in [1.807, 2.05) is 6.92 Å². The molecular formula is C21H18ClNO5S. The van der Waals surface area contributed by atoms with Crippen molar-refractivity contribution >= 4 is 46.6 Å². The second kappa shape index (κ2) is 9.15. The Morgan fingerprint density at radius 3 is 2.52 bits per heavy atom. The summed E-state index contributed by atoms with van der Waals surface area (Å²) in [4.78, 5) is 37.8. The van der Waals surface area contributed by atoms with Gasteiger partial charge in [-0.05, 0) is 60.2 Å². The van der Waals surface area contributed by atoms with E-state index in [2.05, 4.69) is 0 Å². The van der Waals surface area contributed by atoms with Crippen LogP contribution in [0, 0.1) is 0 Å². The number of amides is 2. The third-order valence-corrected chi connectivity index (χ3v) is 5.11. The van der Waals surface area contributed by atoms with Gasteiger partial charge in [-0.3, -0.25) is 19.3 Å². The lowest BCUT2D eigenvalue weighted by atomic mass is 10.1. The fourth-order valence-corrected chi connectivity index (χ4v) is 3.65. The van der Waals surface area contributed by atoms with E-state index < -0.39 is 5.97 Å². The summed E-state index contributed by atoms with van der Waals surface area (Å²) in [5.74, 6) is -0.136. The van der Waals surface area contributed by atoms with Gasteiger partial charge in [-0.25, -0.2) is 0 Å². The molecule has 0 radical (unpaired) electrons. The van der Waals surface area contributed by atoms with Crippen molar-refractivity contribution in [1.82, 2.24) is 4.90 Å². The molecular weight excluding hydrogens is 414 g/mol. The topological polar surface area (TPSA) is 72.9 Å². The second-order valence-electron chi connectivity index (χ2n) is 6.13. The highest BCUT2D eigenvalue weighted by molar-refractivity contribution is 8.18. The zero-order valence-corrected chi connectivity index (χ0v) is 17.4. The molecule has 0 aromatic heterocycles. The summed E-state index contributed by atoms with van der Waals surface area (Å²) in [6.07, 6.45) is 1.62. The molecule has 8 heteroatoms. The van der Waals surface area contributed by atoms with E-state index in [0.717, 1.165) is 17.3 Å². The molecule has 2 aromatic rings. The first-order valence-corrected chi connectivity index (χ1v) is 10.0. The van der Waals surface area contributed by atoms with Gasteiger partial charge in [0.05, 0.1) is 18.1 Å².